The molecule has 1 unspecified atom stereocenters. The van der Waals surface area contributed by atoms with E-state index in [4.69, 9.17) is 0 Å². The predicted octanol–water partition coefficient (Wildman–Crippen LogP) is 5.15. The third kappa shape index (κ3) is 9.90. The van der Waals surface area contributed by atoms with E-state index in [1.54, 1.807) is 0 Å². The summed E-state index contributed by atoms with van der Waals surface area (Å²) in [7, 11) is 1.92. The van der Waals surface area contributed by atoms with Crippen LogP contribution in [0.1, 0.15) is 85.0 Å². The van der Waals surface area contributed by atoms with Gasteiger partial charge >= 0.3 is 0 Å². The minimum atomic E-state index is 0.178. The summed E-state index contributed by atoms with van der Waals surface area (Å²) in [5.74, 6) is 0. The molecular weight excluding hydrogens is 222 g/mol. The Bertz CT molecular complexity index is 178. The minimum absolute atomic E-state index is 0.178. The first kappa shape index (κ1) is 17.9. The van der Waals surface area contributed by atoms with Crippen molar-refractivity contribution < 1.29 is 9.85 Å². The number of nitrogens with zero attached hydrogens (tertiary/aromatic N) is 1. The molecular formula is C16H36NO+. The van der Waals surface area contributed by atoms with Gasteiger partial charge in [0.05, 0.1) is 7.05 Å². The molecule has 0 heterocycles. The molecule has 0 aromatic carbocycles. The maximum Gasteiger partial charge on any atom is 0.113 e. The van der Waals surface area contributed by atoms with Gasteiger partial charge in [-0.1, -0.05) is 58.3 Å². The van der Waals surface area contributed by atoms with Gasteiger partial charge in [-0.05, 0) is 26.7 Å². The van der Waals surface area contributed by atoms with E-state index in [1.165, 1.54) is 57.8 Å². The molecule has 2 nitrogen and oxygen atoms in total. The van der Waals surface area contributed by atoms with Crippen LogP contribution in [0, 0.1) is 0 Å². The highest BCUT2D eigenvalue weighted by Gasteiger charge is 2.22. The van der Waals surface area contributed by atoms with Crippen molar-refractivity contribution in [3.63, 3.8) is 0 Å². The van der Waals surface area contributed by atoms with Gasteiger partial charge in [0.2, 0.25) is 0 Å². The SMILES string of the molecule is CCCCCCCCCCCC[N+](C)(O)C(C)C. The molecule has 0 aromatic heterocycles. The van der Waals surface area contributed by atoms with Crippen LogP contribution in [0.25, 0.3) is 0 Å². The molecule has 0 aromatic rings. The summed E-state index contributed by atoms with van der Waals surface area (Å²) in [5, 5.41) is 10.1. The van der Waals surface area contributed by atoms with Gasteiger partial charge in [0.1, 0.15) is 12.6 Å². The van der Waals surface area contributed by atoms with Gasteiger partial charge in [-0.2, -0.15) is 4.65 Å². The average Bonchev–Trinajstić information content (AvgIpc) is 2.31. The quantitative estimate of drug-likeness (QED) is 0.291. The highest BCUT2D eigenvalue weighted by atomic mass is 16.5. The molecule has 18 heavy (non-hydrogen) atoms. The summed E-state index contributed by atoms with van der Waals surface area (Å²) in [6.45, 7) is 7.32. The van der Waals surface area contributed by atoms with Gasteiger partial charge in [-0.25, -0.2) is 5.21 Å². The Morgan fingerprint density at radius 3 is 1.56 bits per heavy atom. The van der Waals surface area contributed by atoms with Gasteiger partial charge in [-0.15, -0.1) is 0 Å². The second-order valence-electron chi connectivity index (χ2n) is 6.21. The fraction of sp³-hybridized carbons (Fsp3) is 1.00. The van der Waals surface area contributed by atoms with Gasteiger partial charge in [0.25, 0.3) is 0 Å². The van der Waals surface area contributed by atoms with Crippen molar-refractivity contribution in [3.8, 4) is 0 Å². The van der Waals surface area contributed by atoms with Crippen molar-refractivity contribution in [1.29, 1.82) is 0 Å². The van der Waals surface area contributed by atoms with E-state index in [-0.39, 0.29) is 4.65 Å². The highest BCUT2D eigenvalue weighted by Crippen LogP contribution is 2.12. The van der Waals surface area contributed by atoms with Crippen molar-refractivity contribution in [3.05, 3.63) is 0 Å². The molecule has 0 amide bonds. The Balaban J connectivity index is 3.21. The summed E-state index contributed by atoms with van der Waals surface area (Å²) in [6.07, 6.45) is 13.6. The molecule has 1 atom stereocenters. The maximum absolute atomic E-state index is 10.1. The second-order valence-corrected chi connectivity index (χ2v) is 6.21. The third-order valence-corrected chi connectivity index (χ3v) is 4.08. The number of hydrogen-bond acceptors (Lipinski definition) is 1. The van der Waals surface area contributed by atoms with Gasteiger partial charge in [0, 0.05) is 0 Å². The Morgan fingerprint density at radius 2 is 1.17 bits per heavy atom. The normalized spacial score (nSPS) is 15.0. The number of unbranched alkanes of at least 4 members (excludes halogenated alkanes) is 9. The van der Waals surface area contributed by atoms with Crippen molar-refractivity contribution in [2.75, 3.05) is 13.6 Å². The number of hydrogen-bond donors (Lipinski definition) is 1. The topological polar surface area (TPSA) is 20.2 Å². The van der Waals surface area contributed by atoms with Gasteiger partial charge in [0.15, 0.2) is 0 Å². The summed E-state index contributed by atoms with van der Waals surface area (Å²) < 4.78 is 0.178. The van der Waals surface area contributed by atoms with Gasteiger partial charge in [-0.3, -0.25) is 0 Å². The molecule has 0 spiro atoms. The van der Waals surface area contributed by atoms with Crippen LogP contribution in [0.5, 0.6) is 0 Å². The van der Waals surface area contributed by atoms with Crippen molar-refractivity contribution in [2.45, 2.75) is 91.0 Å². The Kier molecular flexibility index (Phi) is 10.8. The van der Waals surface area contributed by atoms with Crippen LogP contribution in [0.15, 0.2) is 0 Å². The number of quaternary nitrogens is 1. The van der Waals surface area contributed by atoms with Crippen molar-refractivity contribution in [2.24, 2.45) is 0 Å². The van der Waals surface area contributed by atoms with Gasteiger partial charge < -0.3 is 0 Å². The van der Waals surface area contributed by atoms with E-state index in [2.05, 4.69) is 20.8 Å². The third-order valence-electron chi connectivity index (χ3n) is 4.08. The summed E-state index contributed by atoms with van der Waals surface area (Å²) >= 11 is 0. The molecule has 110 valence electrons. The lowest BCUT2D eigenvalue weighted by atomic mass is 10.1. The highest BCUT2D eigenvalue weighted by molar-refractivity contribution is 4.47. The van der Waals surface area contributed by atoms with E-state index in [0.29, 0.717) is 6.04 Å². The molecule has 0 aliphatic carbocycles. The molecule has 0 aliphatic rings. The summed E-state index contributed by atoms with van der Waals surface area (Å²) in [6, 6.07) is 0.309. The molecule has 2 heteroatoms. The summed E-state index contributed by atoms with van der Waals surface area (Å²) in [5.41, 5.74) is 0. The molecule has 0 saturated heterocycles. The van der Waals surface area contributed by atoms with Crippen LogP contribution in [0.2, 0.25) is 0 Å². The first-order valence-electron chi connectivity index (χ1n) is 8.08. The van der Waals surface area contributed by atoms with E-state index in [1.807, 2.05) is 7.05 Å². The van der Waals surface area contributed by atoms with Crippen LogP contribution < -0.4 is 0 Å². The first-order chi connectivity index (χ1) is 8.50. The zero-order valence-corrected chi connectivity index (χ0v) is 13.2. The molecule has 0 bridgehead atoms. The Hall–Kier alpha value is -0.0800. The van der Waals surface area contributed by atoms with E-state index in [9.17, 15) is 5.21 Å². The molecule has 0 fully saturated rings. The molecule has 0 saturated carbocycles. The fourth-order valence-electron chi connectivity index (χ4n) is 2.18. The number of rotatable bonds is 12. The largest absolute Gasteiger partial charge is 0.217 e. The van der Waals surface area contributed by atoms with Crippen molar-refractivity contribution in [1.82, 2.24) is 0 Å². The Morgan fingerprint density at radius 1 is 0.778 bits per heavy atom. The van der Waals surface area contributed by atoms with Crippen molar-refractivity contribution >= 4 is 0 Å². The standard InChI is InChI=1S/C16H36NO/c1-5-6-7-8-9-10-11-12-13-14-15-17(4,18)16(2)3/h16,18H,5-15H2,1-4H3/q+1. The van der Waals surface area contributed by atoms with E-state index in [0.717, 1.165) is 13.0 Å². The predicted molar refractivity (Wildman–Crippen MR) is 79.8 cm³/mol. The number of hydroxylamine groups is 3. The van der Waals surface area contributed by atoms with Crippen LogP contribution in [-0.4, -0.2) is 29.5 Å². The fourth-order valence-corrected chi connectivity index (χ4v) is 2.18. The zero-order chi connectivity index (χ0) is 13.9. The summed E-state index contributed by atoms with van der Waals surface area (Å²) in [4.78, 5) is 0. The molecule has 0 aliphatic heterocycles. The Labute approximate surface area is 115 Å². The lowest BCUT2D eigenvalue weighted by Crippen LogP contribution is -2.47. The monoisotopic (exact) mass is 258 g/mol. The van der Waals surface area contributed by atoms with Crippen LogP contribution in [0.3, 0.4) is 0 Å². The average molecular weight is 258 g/mol. The van der Waals surface area contributed by atoms with E-state index < -0.39 is 0 Å². The lowest BCUT2D eigenvalue weighted by Gasteiger charge is -2.29. The maximum atomic E-state index is 10.1. The molecule has 0 rings (SSSR count). The zero-order valence-electron chi connectivity index (χ0n) is 13.2. The lowest BCUT2D eigenvalue weighted by molar-refractivity contribution is -1.10. The minimum Gasteiger partial charge on any atom is -0.217 e. The molecule has 0 radical (unpaired) electrons. The van der Waals surface area contributed by atoms with Crippen LogP contribution >= 0.6 is 0 Å². The smallest absolute Gasteiger partial charge is 0.113 e. The first-order valence-corrected chi connectivity index (χ1v) is 8.08. The van der Waals surface area contributed by atoms with E-state index >= 15 is 0 Å². The second kappa shape index (κ2) is 10.8. The molecule has 1 N–H and O–H groups in total. The van der Waals surface area contributed by atoms with Crippen LogP contribution in [-0.2, 0) is 0 Å². The van der Waals surface area contributed by atoms with Crippen LogP contribution in [0.4, 0.5) is 0 Å².